The summed E-state index contributed by atoms with van der Waals surface area (Å²) in [6, 6.07) is 14.1. The van der Waals surface area contributed by atoms with Gasteiger partial charge in [0.25, 0.3) is 0 Å². The first-order valence-electron chi connectivity index (χ1n) is 7.45. The van der Waals surface area contributed by atoms with Gasteiger partial charge in [-0.3, -0.25) is 0 Å². The highest BCUT2D eigenvalue weighted by molar-refractivity contribution is 5.34. The smallest absolute Gasteiger partial charge is 0.119 e. The second-order valence-electron chi connectivity index (χ2n) is 5.89. The third-order valence-corrected chi connectivity index (χ3v) is 3.87. The molecular weight excluding hydrogens is 260 g/mol. The van der Waals surface area contributed by atoms with E-state index in [9.17, 15) is 5.11 Å². The molecule has 21 heavy (non-hydrogen) atoms. The van der Waals surface area contributed by atoms with Gasteiger partial charge in [-0.15, -0.1) is 0 Å². The number of aryl methyl sites for hydroxylation is 2. The maximum Gasteiger partial charge on any atom is 0.119 e. The third-order valence-electron chi connectivity index (χ3n) is 3.87. The van der Waals surface area contributed by atoms with Crippen LogP contribution >= 0.6 is 0 Å². The molecule has 2 rings (SSSR count). The van der Waals surface area contributed by atoms with Gasteiger partial charge < -0.3 is 9.84 Å². The van der Waals surface area contributed by atoms with Crippen LogP contribution in [0.1, 0.15) is 48.1 Å². The predicted octanol–water partition coefficient (Wildman–Crippen LogP) is 4.54. The minimum Gasteiger partial charge on any atom is -0.491 e. The molecule has 1 unspecified atom stereocenters. The highest BCUT2D eigenvalue weighted by Crippen LogP contribution is 2.21. The molecule has 0 aromatic heterocycles. The van der Waals surface area contributed by atoms with Crippen LogP contribution in [-0.2, 0) is 0 Å². The Morgan fingerprint density at radius 1 is 0.905 bits per heavy atom. The van der Waals surface area contributed by atoms with Gasteiger partial charge in [0, 0.05) is 0 Å². The molecule has 0 aliphatic rings. The number of benzene rings is 2. The first-order valence-corrected chi connectivity index (χ1v) is 7.45. The van der Waals surface area contributed by atoms with Crippen molar-refractivity contribution in [1.82, 2.24) is 0 Å². The summed E-state index contributed by atoms with van der Waals surface area (Å²) >= 11 is 0. The van der Waals surface area contributed by atoms with Crippen molar-refractivity contribution in [2.45, 2.75) is 39.7 Å². The summed E-state index contributed by atoms with van der Waals surface area (Å²) < 4.78 is 5.69. The van der Waals surface area contributed by atoms with Crippen LogP contribution in [0.4, 0.5) is 0 Å². The van der Waals surface area contributed by atoms with E-state index in [1.165, 1.54) is 16.7 Å². The van der Waals surface area contributed by atoms with Crippen molar-refractivity contribution in [3.63, 3.8) is 0 Å². The van der Waals surface area contributed by atoms with Gasteiger partial charge in [0.2, 0.25) is 0 Å². The minimum atomic E-state index is -0.604. The van der Waals surface area contributed by atoms with Gasteiger partial charge in [0.05, 0.1) is 0 Å². The van der Waals surface area contributed by atoms with Gasteiger partial charge in [-0.05, 0) is 54.2 Å². The normalized spacial score (nSPS) is 12.5. The molecule has 0 aliphatic heterocycles. The third kappa shape index (κ3) is 4.08. The zero-order valence-corrected chi connectivity index (χ0v) is 13.3. The van der Waals surface area contributed by atoms with Crippen LogP contribution in [0.2, 0.25) is 0 Å². The van der Waals surface area contributed by atoms with Crippen LogP contribution < -0.4 is 4.74 Å². The quantitative estimate of drug-likeness (QED) is 0.873. The standard InChI is InChI=1S/C19H24O2/c1-13(2)16-6-8-17(9-7-16)19(20)12-21-18-10-5-14(3)15(4)11-18/h5-11,13,19-20H,12H2,1-4H3. The fraction of sp³-hybridized carbons (Fsp3) is 0.368. The molecule has 0 heterocycles. The maximum absolute atomic E-state index is 10.2. The topological polar surface area (TPSA) is 29.5 Å². The Morgan fingerprint density at radius 3 is 2.10 bits per heavy atom. The highest BCUT2D eigenvalue weighted by atomic mass is 16.5. The van der Waals surface area contributed by atoms with Gasteiger partial charge in [0.1, 0.15) is 18.5 Å². The number of hydrogen-bond acceptors (Lipinski definition) is 2. The summed E-state index contributed by atoms with van der Waals surface area (Å²) in [5.74, 6) is 1.30. The van der Waals surface area contributed by atoms with Gasteiger partial charge >= 0.3 is 0 Å². The summed E-state index contributed by atoms with van der Waals surface area (Å²) in [6.07, 6.45) is -0.604. The van der Waals surface area contributed by atoms with E-state index < -0.39 is 6.10 Å². The summed E-state index contributed by atoms with van der Waals surface area (Å²) in [5, 5.41) is 10.2. The lowest BCUT2D eigenvalue weighted by molar-refractivity contribution is 0.108. The van der Waals surface area contributed by atoms with Crippen molar-refractivity contribution in [2.75, 3.05) is 6.61 Å². The van der Waals surface area contributed by atoms with Gasteiger partial charge in [-0.1, -0.05) is 44.2 Å². The predicted molar refractivity (Wildman–Crippen MR) is 86.9 cm³/mol. The van der Waals surface area contributed by atoms with E-state index in [0.29, 0.717) is 5.92 Å². The number of aliphatic hydroxyl groups excluding tert-OH is 1. The molecule has 2 aromatic rings. The summed E-state index contributed by atoms with van der Waals surface area (Å²) in [4.78, 5) is 0. The zero-order valence-electron chi connectivity index (χ0n) is 13.3. The average molecular weight is 284 g/mol. The fourth-order valence-electron chi connectivity index (χ4n) is 2.18. The highest BCUT2D eigenvalue weighted by Gasteiger charge is 2.09. The molecule has 2 nitrogen and oxygen atoms in total. The molecule has 0 bridgehead atoms. The second kappa shape index (κ2) is 6.77. The van der Waals surface area contributed by atoms with Crippen LogP contribution in [0.25, 0.3) is 0 Å². The molecule has 1 N–H and O–H groups in total. The average Bonchev–Trinajstić information content (AvgIpc) is 2.48. The Balaban J connectivity index is 1.97. The maximum atomic E-state index is 10.2. The van der Waals surface area contributed by atoms with Crippen molar-refractivity contribution in [1.29, 1.82) is 0 Å². The fourth-order valence-corrected chi connectivity index (χ4v) is 2.18. The van der Waals surface area contributed by atoms with Crippen LogP contribution in [-0.4, -0.2) is 11.7 Å². The molecule has 0 saturated carbocycles. The number of rotatable bonds is 5. The van der Waals surface area contributed by atoms with E-state index in [-0.39, 0.29) is 6.61 Å². The molecule has 112 valence electrons. The zero-order chi connectivity index (χ0) is 15.4. The van der Waals surface area contributed by atoms with Crippen LogP contribution in [0.15, 0.2) is 42.5 Å². The molecule has 0 aliphatic carbocycles. The van der Waals surface area contributed by atoms with E-state index in [4.69, 9.17) is 4.74 Å². The van der Waals surface area contributed by atoms with Crippen LogP contribution in [0.3, 0.4) is 0 Å². The van der Waals surface area contributed by atoms with Crippen molar-refractivity contribution < 1.29 is 9.84 Å². The summed E-state index contributed by atoms with van der Waals surface area (Å²) in [7, 11) is 0. The Kier molecular flexibility index (Phi) is 5.03. The molecule has 0 radical (unpaired) electrons. The van der Waals surface area contributed by atoms with Crippen molar-refractivity contribution >= 4 is 0 Å². The largest absolute Gasteiger partial charge is 0.491 e. The Morgan fingerprint density at radius 2 is 1.52 bits per heavy atom. The Labute approximate surface area is 127 Å². The van der Waals surface area contributed by atoms with Crippen molar-refractivity contribution in [3.05, 3.63) is 64.7 Å². The lowest BCUT2D eigenvalue weighted by atomic mass is 10.0. The first kappa shape index (κ1) is 15.6. The molecule has 1 atom stereocenters. The van der Waals surface area contributed by atoms with Crippen molar-refractivity contribution in [2.24, 2.45) is 0 Å². The lowest BCUT2D eigenvalue weighted by Crippen LogP contribution is -2.10. The lowest BCUT2D eigenvalue weighted by Gasteiger charge is -2.14. The molecule has 0 fully saturated rings. The van der Waals surface area contributed by atoms with E-state index in [2.05, 4.69) is 39.8 Å². The number of hydrogen-bond donors (Lipinski definition) is 1. The SMILES string of the molecule is Cc1ccc(OCC(O)c2ccc(C(C)C)cc2)cc1C. The van der Waals surface area contributed by atoms with Crippen molar-refractivity contribution in [3.8, 4) is 5.75 Å². The number of ether oxygens (including phenoxy) is 1. The van der Waals surface area contributed by atoms with E-state index >= 15 is 0 Å². The molecule has 0 amide bonds. The first-order chi connectivity index (χ1) is 9.97. The second-order valence-corrected chi connectivity index (χ2v) is 5.89. The number of aliphatic hydroxyl groups is 1. The van der Waals surface area contributed by atoms with E-state index in [0.717, 1.165) is 11.3 Å². The van der Waals surface area contributed by atoms with E-state index in [1.54, 1.807) is 0 Å². The summed E-state index contributed by atoms with van der Waals surface area (Å²) in [6.45, 7) is 8.72. The molecule has 0 saturated heterocycles. The van der Waals surface area contributed by atoms with Gasteiger partial charge in [0.15, 0.2) is 0 Å². The molecular formula is C19H24O2. The molecule has 2 heteroatoms. The summed E-state index contributed by atoms with van der Waals surface area (Å²) in [5.41, 5.74) is 4.61. The van der Waals surface area contributed by atoms with Crippen LogP contribution in [0, 0.1) is 13.8 Å². The Hall–Kier alpha value is -1.80. The van der Waals surface area contributed by atoms with Gasteiger partial charge in [-0.25, -0.2) is 0 Å². The minimum absolute atomic E-state index is 0.267. The van der Waals surface area contributed by atoms with Crippen LogP contribution in [0.5, 0.6) is 5.75 Å². The Bertz CT molecular complexity index is 585. The van der Waals surface area contributed by atoms with E-state index in [1.807, 2.05) is 30.3 Å². The monoisotopic (exact) mass is 284 g/mol. The molecule has 0 spiro atoms. The van der Waals surface area contributed by atoms with Gasteiger partial charge in [-0.2, -0.15) is 0 Å². The molecule has 2 aromatic carbocycles.